The number of nitrogens with one attached hydrogen (secondary N) is 1. The van der Waals surface area contributed by atoms with E-state index in [0.29, 0.717) is 17.0 Å². The summed E-state index contributed by atoms with van der Waals surface area (Å²) in [6.07, 6.45) is 4.97. The van der Waals surface area contributed by atoms with Gasteiger partial charge in [-0.2, -0.15) is 0 Å². The Bertz CT molecular complexity index is 378. The molecular formula is C14H19Cl2N. The molecule has 1 aliphatic rings. The molecule has 0 radical (unpaired) electrons. The molecule has 0 unspecified atom stereocenters. The summed E-state index contributed by atoms with van der Waals surface area (Å²) in [5, 5.41) is 5.14. The predicted molar refractivity (Wildman–Crippen MR) is 75.1 cm³/mol. The normalized spacial score (nSPS) is 23.5. The van der Waals surface area contributed by atoms with Gasteiger partial charge in [0, 0.05) is 22.0 Å². The van der Waals surface area contributed by atoms with Gasteiger partial charge < -0.3 is 5.32 Å². The Morgan fingerprint density at radius 1 is 1.29 bits per heavy atom. The van der Waals surface area contributed by atoms with E-state index in [2.05, 4.69) is 18.3 Å². The van der Waals surface area contributed by atoms with Crippen molar-refractivity contribution in [1.82, 2.24) is 5.32 Å². The molecule has 1 aromatic carbocycles. The summed E-state index contributed by atoms with van der Waals surface area (Å²) in [7, 11) is 0. The average molecular weight is 272 g/mol. The minimum atomic E-state index is 0.566. The highest BCUT2D eigenvalue weighted by Crippen LogP contribution is 2.40. The Balaban J connectivity index is 1.97. The fourth-order valence-corrected chi connectivity index (χ4v) is 2.93. The first-order valence-corrected chi connectivity index (χ1v) is 7.16. The van der Waals surface area contributed by atoms with Gasteiger partial charge in [0.15, 0.2) is 0 Å². The van der Waals surface area contributed by atoms with Crippen LogP contribution in [-0.4, -0.2) is 12.6 Å². The fraction of sp³-hybridized carbons (Fsp3) is 0.571. The molecule has 0 saturated heterocycles. The zero-order chi connectivity index (χ0) is 12.3. The molecule has 17 heavy (non-hydrogen) atoms. The highest BCUT2D eigenvalue weighted by Gasteiger charge is 2.32. The number of benzene rings is 1. The molecule has 0 aliphatic heterocycles. The topological polar surface area (TPSA) is 12.0 Å². The fourth-order valence-electron chi connectivity index (χ4n) is 2.38. The molecule has 3 heteroatoms. The average Bonchev–Trinajstić information content (AvgIpc) is 2.26. The van der Waals surface area contributed by atoms with Crippen LogP contribution in [0.4, 0.5) is 0 Å². The van der Waals surface area contributed by atoms with Crippen LogP contribution >= 0.6 is 23.2 Å². The van der Waals surface area contributed by atoms with E-state index < -0.39 is 0 Å². The number of rotatable bonds is 5. The molecule has 0 aromatic heterocycles. The first-order chi connectivity index (χ1) is 8.22. The zero-order valence-corrected chi connectivity index (χ0v) is 11.7. The molecular weight excluding hydrogens is 253 g/mol. The van der Waals surface area contributed by atoms with E-state index in [1.807, 2.05) is 12.1 Å². The van der Waals surface area contributed by atoms with Gasteiger partial charge in [0.25, 0.3) is 0 Å². The van der Waals surface area contributed by atoms with E-state index in [0.717, 1.165) is 11.6 Å². The highest BCUT2D eigenvalue weighted by molar-refractivity contribution is 6.35. The first kappa shape index (κ1) is 13.2. The van der Waals surface area contributed by atoms with E-state index in [9.17, 15) is 0 Å². The van der Waals surface area contributed by atoms with E-state index in [1.165, 1.54) is 31.2 Å². The van der Waals surface area contributed by atoms with Crippen LogP contribution in [-0.2, 0) is 0 Å². The number of hydrogen-bond donors (Lipinski definition) is 1. The van der Waals surface area contributed by atoms with Gasteiger partial charge >= 0.3 is 0 Å². The largest absolute Gasteiger partial charge is 0.313 e. The molecule has 1 aromatic rings. The first-order valence-electron chi connectivity index (χ1n) is 6.40. The van der Waals surface area contributed by atoms with Crippen LogP contribution in [0.5, 0.6) is 0 Å². The highest BCUT2D eigenvalue weighted by atomic mass is 35.5. The molecule has 2 rings (SSSR count). The summed E-state index contributed by atoms with van der Waals surface area (Å²) >= 11 is 12.2. The van der Waals surface area contributed by atoms with Gasteiger partial charge in [-0.05, 0) is 43.5 Å². The van der Waals surface area contributed by atoms with Crippen molar-refractivity contribution >= 4 is 23.2 Å². The van der Waals surface area contributed by atoms with Gasteiger partial charge in [-0.1, -0.05) is 42.6 Å². The van der Waals surface area contributed by atoms with Crippen LogP contribution < -0.4 is 5.32 Å². The Labute approximate surface area is 114 Å². The maximum absolute atomic E-state index is 6.25. The number of hydrogen-bond acceptors (Lipinski definition) is 1. The molecule has 1 aliphatic carbocycles. The quantitative estimate of drug-likeness (QED) is 0.770. The van der Waals surface area contributed by atoms with E-state index in [-0.39, 0.29) is 0 Å². The lowest BCUT2D eigenvalue weighted by atomic mass is 9.75. The van der Waals surface area contributed by atoms with Crippen LogP contribution in [0.1, 0.15) is 44.1 Å². The molecule has 1 fully saturated rings. The molecule has 1 saturated carbocycles. The smallest absolute Gasteiger partial charge is 0.0456 e. The second kappa shape index (κ2) is 6.08. The van der Waals surface area contributed by atoms with E-state index in [1.54, 1.807) is 0 Å². The SMILES string of the molecule is CCCCN[C@@H]1CC[C@@H]1c1ccc(Cl)cc1Cl. The number of unbranched alkanes of at least 4 members (excludes halogenated alkanes) is 1. The van der Waals surface area contributed by atoms with Gasteiger partial charge in [-0.25, -0.2) is 0 Å². The lowest BCUT2D eigenvalue weighted by Crippen LogP contribution is -2.42. The van der Waals surface area contributed by atoms with Crippen molar-refractivity contribution in [3.8, 4) is 0 Å². The van der Waals surface area contributed by atoms with Crippen LogP contribution in [0.15, 0.2) is 18.2 Å². The van der Waals surface area contributed by atoms with Crippen molar-refractivity contribution in [1.29, 1.82) is 0 Å². The summed E-state index contributed by atoms with van der Waals surface area (Å²) < 4.78 is 0. The monoisotopic (exact) mass is 271 g/mol. The molecule has 0 spiro atoms. The lowest BCUT2D eigenvalue weighted by molar-refractivity contribution is 0.283. The Hall–Kier alpha value is -0.240. The third-order valence-electron chi connectivity index (χ3n) is 3.57. The molecule has 0 amide bonds. The minimum Gasteiger partial charge on any atom is -0.313 e. The van der Waals surface area contributed by atoms with Crippen LogP contribution in [0.25, 0.3) is 0 Å². The van der Waals surface area contributed by atoms with Crippen molar-refractivity contribution in [2.24, 2.45) is 0 Å². The summed E-state index contributed by atoms with van der Waals surface area (Å²) in [5.74, 6) is 0.566. The second-order valence-electron chi connectivity index (χ2n) is 4.76. The molecule has 2 atom stereocenters. The predicted octanol–water partition coefficient (Wildman–Crippen LogP) is 4.63. The van der Waals surface area contributed by atoms with Gasteiger partial charge in [0.2, 0.25) is 0 Å². The van der Waals surface area contributed by atoms with E-state index >= 15 is 0 Å². The van der Waals surface area contributed by atoms with Gasteiger partial charge in [-0.3, -0.25) is 0 Å². The van der Waals surface area contributed by atoms with Crippen molar-refractivity contribution in [2.75, 3.05) is 6.54 Å². The standard InChI is InChI=1S/C14H19Cl2N/c1-2-3-8-17-14-7-6-12(14)11-5-4-10(15)9-13(11)16/h4-5,9,12,14,17H,2-3,6-8H2,1H3/t12-,14-/m1/s1. The van der Waals surface area contributed by atoms with Crippen molar-refractivity contribution in [2.45, 2.75) is 44.6 Å². The maximum Gasteiger partial charge on any atom is 0.0456 e. The van der Waals surface area contributed by atoms with Crippen LogP contribution in [0, 0.1) is 0 Å². The van der Waals surface area contributed by atoms with Crippen molar-refractivity contribution < 1.29 is 0 Å². The van der Waals surface area contributed by atoms with Crippen LogP contribution in [0.2, 0.25) is 10.0 Å². The molecule has 1 nitrogen and oxygen atoms in total. The molecule has 94 valence electrons. The van der Waals surface area contributed by atoms with Gasteiger partial charge in [0.1, 0.15) is 0 Å². The minimum absolute atomic E-state index is 0.566. The lowest BCUT2D eigenvalue weighted by Gasteiger charge is -2.38. The van der Waals surface area contributed by atoms with Crippen LogP contribution in [0.3, 0.4) is 0 Å². The summed E-state index contributed by atoms with van der Waals surface area (Å²) in [5.41, 5.74) is 1.25. The number of halogens is 2. The summed E-state index contributed by atoms with van der Waals surface area (Å²) in [4.78, 5) is 0. The third kappa shape index (κ3) is 3.15. The maximum atomic E-state index is 6.25. The Kier molecular flexibility index (Phi) is 4.72. The van der Waals surface area contributed by atoms with Gasteiger partial charge in [0.05, 0.1) is 0 Å². The van der Waals surface area contributed by atoms with E-state index in [4.69, 9.17) is 23.2 Å². The Morgan fingerprint density at radius 2 is 2.12 bits per heavy atom. The van der Waals surface area contributed by atoms with Crippen molar-refractivity contribution in [3.63, 3.8) is 0 Å². The zero-order valence-electron chi connectivity index (χ0n) is 10.2. The van der Waals surface area contributed by atoms with Crippen molar-refractivity contribution in [3.05, 3.63) is 33.8 Å². The second-order valence-corrected chi connectivity index (χ2v) is 5.61. The summed E-state index contributed by atoms with van der Waals surface area (Å²) in [6.45, 7) is 3.33. The molecule has 0 bridgehead atoms. The third-order valence-corrected chi connectivity index (χ3v) is 4.14. The Morgan fingerprint density at radius 3 is 2.71 bits per heavy atom. The molecule has 1 N–H and O–H groups in total. The molecule has 0 heterocycles. The summed E-state index contributed by atoms with van der Waals surface area (Å²) in [6, 6.07) is 6.45. The van der Waals surface area contributed by atoms with Gasteiger partial charge in [-0.15, -0.1) is 0 Å².